The molecule has 1 aliphatic heterocycles. The van der Waals surface area contributed by atoms with Gasteiger partial charge in [0.05, 0.1) is 5.92 Å². The van der Waals surface area contributed by atoms with Gasteiger partial charge in [0.1, 0.15) is 5.75 Å². The molecule has 16 heavy (non-hydrogen) atoms. The highest BCUT2D eigenvalue weighted by Gasteiger charge is 2.31. The number of hydrogen-bond acceptors (Lipinski definition) is 7. The fourth-order valence-electron chi connectivity index (χ4n) is 1.54. The quantitative estimate of drug-likeness (QED) is 0.804. The molecule has 90 valence electrons. The molecule has 2 rings (SSSR count). The van der Waals surface area contributed by atoms with Crippen molar-refractivity contribution < 1.29 is 12.9 Å². The minimum atomic E-state index is -3.12. The average molecular weight is 263 g/mol. The first-order chi connectivity index (χ1) is 7.46. The molecule has 6 nitrogen and oxygen atoms in total. The fraction of sp³-hybridized carbons (Fsp3) is 0.750. The van der Waals surface area contributed by atoms with Crippen LogP contribution in [-0.4, -0.2) is 42.4 Å². The Labute approximate surface area is 97.9 Å². The van der Waals surface area contributed by atoms with Gasteiger partial charge in [0.2, 0.25) is 5.89 Å². The molecule has 0 saturated carbocycles. The summed E-state index contributed by atoms with van der Waals surface area (Å²) in [4.78, 5) is 4.08. The molecule has 0 amide bonds. The molecule has 1 aromatic rings. The summed E-state index contributed by atoms with van der Waals surface area (Å²) in [5.41, 5.74) is 5.88. The van der Waals surface area contributed by atoms with E-state index < -0.39 is 9.84 Å². The van der Waals surface area contributed by atoms with Gasteiger partial charge in [-0.1, -0.05) is 5.16 Å². The summed E-state index contributed by atoms with van der Waals surface area (Å²) >= 11 is 1.74. The average Bonchev–Trinajstić information content (AvgIpc) is 2.71. The van der Waals surface area contributed by atoms with Crippen LogP contribution in [0.15, 0.2) is 4.52 Å². The summed E-state index contributed by atoms with van der Waals surface area (Å²) < 4.78 is 27.1. The Hall–Kier alpha value is -0.600. The van der Waals surface area contributed by atoms with Gasteiger partial charge >= 0.3 is 0 Å². The summed E-state index contributed by atoms with van der Waals surface area (Å²) in [6, 6.07) is 0.0107. The predicted octanol–water partition coefficient (Wildman–Crippen LogP) is -0.228. The van der Waals surface area contributed by atoms with Crippen LogP contribution in [0.4, 0.5) is 0 Å². The lowest BCUT2D eigenvalue weighted by atomic mass is 10.1. The van der Waals surface area contributed by atoms with Crippen molar-refractivity contribution in [2.24, 2.45) is 5.73 Å². The molecule has 2 heterocycles. The van der Waals surface area contributed by atoms with Gasteiger partial charge in [-0.05, 0) is 0 Å². The maximum Gasteiger partial charge on any atom is 0.232 e. The van der Waals surface area contributed by atoms with Crippen LogP contribution in [0.3, 0.4) is 0 Å². The third-order valence-electron chi connectivity index (χ3n) is 2.32. The molecule has 2 atom stereocenters. The fourth-order valence-corrected chi connectivity index (χ4v) is 3.41. The lowest BCUT2D eigenvalue weighted by Crippen LogP contribution is -2.26. The van der Waals surface area contributed by atoms with E-state index in [1.165, 1.54) is 0 Å². The third kappa shape index (κ3) is 2.74. The third-order valence-corrected chi connectivity index (χ3v) is 4.31. The van der Waals surface area contributed by atoms with Gasteiger partial charge in [-0.25, -0.2) is 8.42 Å². The summed E-state index contributed by atoms with van der Waals surface area (Å²) in [7, 11) is -3.12. The molecule has 2 unspecified atom stereocenters. The van der Waals surface area contributed by atoms with E-state index in [9.17, 15) is 8.42 Å². The molecule has 0 radical (unpaired) electrons. The first-order valence-electron chi connectivity index (χ1n) is 4.79. The molecular formula is C8H13N3O3S2. The van der Waals surface area contributed by atoms with Crippen LogP contribution in [0.25, 0.3) is 0 Å². The molecule has 0 aromatic carbocycles. The maximum atomic E-state index is 11.0. The normalized spacial score (nSPS) is 26.1. The van der Waals surface area contributed by atoms with E-state index in [-0.39, 0.29) is 23.5 Å². The second kappa shape index (κ2) is 4.34. The first kappa shape index (κ1) is 11.9. The van der Waals surface area contributed by atoms with Crippen molar-refractivity contribution >= 4 is 21.6 Å². The molecule has 1 aliphatic rings. The number of rotatable bonds is 3. The molecule has 0 aliphatic carbocycles. The van der Waals surface area contributed by atoms with Crippen molar-refractivity contribution in [2.75, 3.05) is 17.8 Å². The molecule has 0 bridgehead atoms. The van der Waals surface area contributed by atoms with Crippen molar-refractivity contribution in [3.63, 3.8) is 0 Å². The van der Waals surface area contributed by atoms with E-state index in [1.807, 2.05) is 0 Å². The molecule has 1 saturated heterocycles. The van der Waals surface area contributed by atoms with E-state index in [4.69, 9.17) is 10.3 Å². The van der Waals surface area contributed by atoms with Gasteiger partial charge in [-0.3, -0.25) is 0 Å². The number of hydrogen-bond donors (Lipinski definition) is 1. The summed E-state index contributed by atoms with van der Waals surface area (Å²) in [5, 5.41) is 3.65. The van der Waals surface area contributed by atoms with Crippen LogP contribution < -0.4 is 5.73 Å². The minimum Gasteiger partial charge on any atom is -0.339 e. The Morgan fingerprint density at radius 3 is 2.88 bits per heavy atom. The highest BCUT2D eigenvalue weighted by atomic mass is 32.2. The van der Waals surface area contributed by atoms with E-state index in [1.54, 1.807) is 11.8 Å². The Bertz CT molecular complexity index is 471. The Kier molecular flexibility index (Phi) is 3.22. The summed E-state index contributed by atoms with van der Waals surface area (Å²) in [6.45, 7) is 0. The molecule has 1 aromatic heterocycles. The smallest absolute Gasteiger partial charge is 0.232 e. The standard InChI is InChI=1S/C8H13N3O3S2/c1-16(12,13)4-7-10-8(14-11-7)5-2-15-3-6(5)9/h5-6H,2-4,9H2,1H3. The van der Waals surface area contributed by atoms with Gasteiger partial charge < -0.3 is 10.3 Å². The number of nitrogens with zero attached hydrogens (tertiary/aromatic N) is 2. The van der Waals surface area contributed by atoms with Crippen LogP contribution in [-0.2, 0) is 15.6 Å². The SMILES string of the molecule is CS(=O)(=O)Cc1noc(C2CSCC2N)n1. The van der Waals surface area contributed by atoms with E-state index in [0.717, 1.165) is 17.8 Å². The van der Waals surface area contributed by atoms with Gasteiger partial charge in [0.15, 0.2) is 15.7 Å². The molecule has 8 heteroatoms. The summed E-state index contributed by atoms with van der Waals surface area (Å²) in [5.74, 6) is 2.24. The van der Waals surface area contributed by atoms with Crippen LogP contribution in [0.2, 0.25) is 0 Å². The first-order valence-corrected chi connectivity index (χ1v) is 8.01. The van der Waals surface area contributed by atoms with Gasteiger partial charge in [0.25, 0.3) is 0 Å². The highest BCUT2D eigenvalue weighted by molar-refractivity contribution is 7.99. The van der Waals surface area contributed by atoms with Crippen LogP contribution in [0.1, 0.15) is 17.6 Å². The zero-order valence-electron chi connectivity index (χ0n) is 8.79. The van der Waals surface area contributed by atoms with Crippen molar-refractivity contribution in [3.8, 4) is 0 Å². The van der Waals surface area contributed by atoms with Crippen molar-refractivity contribution in [1.29, 1.82) is 0 Å². The number of nitrogens with two attached hydrogens (primary N) is 1. The van der Waals surface area contributed by atoms with Crippen molar-refractivity contribution in [3.05, 3.63) is 11.7 Å². The molecular weight excluding hydrogens is 250 g/mol. The van der Waals surface area contributed by atoms with E-state index >= 15 is 0 Å². The van der Waals surface area contributed by atoms with Gasteiger partial charge in [-0.2, -0.15) is 16.7 Å². The lowest BCUT2D eigenvalue weighted by Gasteiger charge is -2.07. The van der Waals surface area contributed by atoms with Crippen LogP contribution >= 0.6 is 11.8 Å². The maximum absolute atomic E-state index is 11.0. The largest absolute Gasteiger partial charge is 0.339 e. The van der Waals surface area contributed by atoms with Gasteiger partial charge in [0, 0.05) is 23.8 Å². The van der Waals surface area contributed by atoms with E-state index in [2.05, 4.69) is 10.1 Å². The molecule has 2 N–H and O–H groups in total. The Morgan fingerprint density at radius 1 is 1.56 bits per heavy atom. The van der Waals surface area contributed by atoms with Crippen molar-refractivity contribution in [1.82, 2.24) is 10.1 Å². The number of sulfone groups is 1. The van der Waals surface area contributed by atoms with Crippen LogP contribution in [0.5, 0.6) is 0 Å². The predicted molar refractivity (Wildman–Crippen MR) is 60.9 cm³/mol. The highest BCUT2D eigenvalue weighted by Crippen LogP contribution is 2.30. The summed E-state index contributed by atoms with van der Waals surface area (Å²) in [6.07, 6.45) is 1.14. The molecule has 0 spiro atoms. The van der Waals surface area contributed by atoms with Crippen molar-refractivity contribution in [2.45, 2.75) is 17.7 Å². The van der Waals surface area contributed by atoms with Gasteiger partial charge in [-0.15, -0.1) is 0 Å². The number of aromatic nitrogens is 2. The zero-order valence-corrected chi connectivity index (χ0v) is 10.4. The van der Waals surface area contributed by atoms with E-state index in [0.29, 0.717) is 5.89 Å². The zero-order chi connectivity index (χ0) is 11.8. The monoisotopic (exact) mass is 263 g/mol. The molecule has 1 fully saturated rings. The lowest BCUT2D eigenvalue weighted by molar-refractivity contribution is 0.349. The minimum absolute atomic E-state index is 0.0107. The topological polar surface area (TPSA) is 99.1 Å². The second-order valence-electron chi connectivity index (χ2n) is 3.93. The Balaban J connectivity index is 2.13. The number of thioether (sulfide) groups is 1. The second-order valence-corrected chi connectivity index (χ2v) is 7.14. The van der Waals surface area contributed by atoms with Crippen LogP contribution in [0, 0.1) is 0 Å². The Morgan fingerprint density at radius 2 is 2.31 bits per heavy atom.